The van der Waals surface area contributed by atoms with Crippen LogP contribution < -0.4 is 5.32 Å². The molecule has 0 atom stereocenters. The van der Waals surface area contributed by atoms with Gasteiger partial charge in [-0.05, 0) is 67.6 Å². The molecule has 3 N–H and O–H groups in total. The van der Waals surface area contributed by atoms with Gasteiger partial charge in [-0.2, -0.15) is 0 Å². The topological polar surface area (TPSA) is 99.5 Å². The Kier molecular flexibility index (Phi) is 5.97. The second-order valence-corrected chi connectivity index (χ2v) is 7.57. The summed E-state index contributed by atoms with van der Waals surface area (Å²) in [7, 11) is 0. The molecule has 1 saturated carbocycles. The van der Waals surface area contributed by atoms with Gasteiger partial charge in [-0.3, -0.25) is 14.6 Å². The van der Waals surface area contributed by atoms with Gasteiger partial charge in [0.1, 0.15) is 12.2 Å². The molecular formula is C22H26N2O4. The molecule has 6 heteroatoms. The molecule has 0 spiro atoms. The minimum atomic E-state index is -1.15. The number of hydrogen-bond donors (Lipinski definition) is 3. The number of carboxylic acid groups (broad SMARTS) is 1. The lowest BCUT2D eigenvalue weighted by atomic mass is 9.96. The fourth-order valence-electron chi connectivity index (χ4n) is 3.98. The van der Waals surface area contributed by atoms with E-state index in [1.807, 2.05) is 32.0 Å². The third kappa shape index (κ3) is 4.68. The highest BCUT2D eigenvalue weighted by atomic mass is 16.4. The maximum absolute atomic E-state index is 11.7. The highest BCUT2D eigenvalue weighted by Gasteiger charge is 2.22. The van der Waals surface area contributed by atoms with Crippen molar-refractivity contribution in [3.8, 4) is 5.75 Å². The molecule has 1 amide bonds. The Hall–Kier alpha value is -2.89. The first kappa shape index (κ1) is 19.9. The molecule has 6 nitrogen and oxygen atoms in total. The molecule has 0 bridgehead atoms. The van der Waals surface area contributed by atoms with E-state index in [0.29, 0.717) is 18.0 Å². The van der Waals surface area contributed by atoms with Crippen molar-refractivity contribution in [1.82, 2.24) is 4.98 Å². The molecule has 3 rings (SSSR count). The number of nitrogens with one attached hydrogen (secondary N) is 1. The standard InChI is InChI=1S/C22H26N2O4/c1-13-9-17(23-20(26)12-21(27)28)10-14(2)18(13)11-16-7-8-19(25)22(24-16)15-5-3-4-6-15/h7-10,15,25H,3-6,11-12H2,1-2H3,(H,23,26)(H,27,28). The normalized spacial score (nSPS) is 14.2. The van der Waals surface area contributed by atoms with E-state index in [0.717, 1.165) is 40.9 Å². The third-order valence-electron chi connectivity index (χ3n) is 5.35. The second kappa shape index (κ2) is 8.42. The van der Waals surface area contributed by atoms with Gasteiger partial charge in [0.15, 0.2) is 0 Å². The maximum Gasteiger partial charge on any atom is 0.312 e. The molecular weight excluding hydrogens is 356 g/mol. The summed E-state index contributed by atoms with van der Waals surface area (Å²) in [4.78, 5) is 27.1. The van der Waals surface area contributed by atoms with Gasteiger partial charge in [-0.1, -0.05) is 12.8 Å². The quantitative estimate of drug-likeness (QED) is 0.654. The first-order chi connectivity index (χ1) is 13.3. The van der Waals surface area contributed by atoms with Crippen LogP contribution in [0.15, 0.2) is 24.3 Å². The van der Waals surface area contributed by atoms with Gasteiger partial charge in [0.05, 0.1) is 5.69 Å². The van der Waals surface area contributed by atoms with Gasteiger partial charge in [-0.15, -0.1) is 0 Å². The predicted octanol–water partition coefficient (Wildman–Crippen LogP) is 4.07. The first-order valence-corrected chi connectivity index (χ1v) is 9.64. The molecule has 2 aromatic rings. The highest BCUT2D eigenvalue weighted by Crippen LogP contribution is 2.37. The van der Waals surface area contributed by atoms with Crippen molar-refractivity contribution in [3.05, 3.63) is 52.3 Å². The number of carbonyl (C=O) groups is 2. The Labute approximate surface area is 164 Å². The number of aromatic hydroxyl groups is 1. The number of rotatable bonds is 6. The molecule has 1 fully saturated rings. The minimum absolute atomic E-state index is 0.278. The van der Waals surface area contributed by atoms with Gasteiger partial charge in [0, 0.05) is 23.7 Å². The van der Waals surface area contributed by atoms with Gasteiger partial charge in [0.2, 0.25) is 5.91 Å². The number of aliphatic carboxylic acids is 1. The van der Waals surface area contributed by atoms with Crippen molar-refractivity contribution >= 4 is 17.6 Å². The summed E-state index contributed by atoms with van der Waals surface area (Å²) < 4.78 is 0. The van der Waals surface area contributed by atoms with Crippen LogP contribution in [-0.4, -0.2) is 27.1 Å². The monoisotopic (exact) mass is 382 g/mol. The zero-order valence-electron chi connectivity index (χ0n) is 16.3. The predicted molar refractivity (Wildman–Crippen MR) is 107 cm³/mol. The molecule has 0 unspecified atom stereocenters. The average Bonchev–Trinajstić information content (AvgIpc) is 3.13. The van der Waals surface area contributed by atoms with Crippen LogP contribution in [0.1, 0.15) is 66.1 Å². The summed E-state index contributed by atoms with van der Waals surface area (Å²) in [5.41, 5.74) is 5.43. The smallest absolute Gasteiger partial charge is 0.312 e. The fourth-order valence-corrected chi connectivity index (χ4v) is 3.98. The van der Waals surface area contributed by atoms with Crippen molar-refractivity contribution in [1.29, 1.82) is 0 Å². The van der Waals surface area contributed by atoms with E-state index < -0.39 is 18.3 Å². The third-order valence-corrected chi connectivity index (χ3v) is 5.35. The Morgan fingerprint density at radius 1 is 1.14 bits per heavy atom. The number of anilines is 1. The molecule has 1 aromatic carbocycles. The Bertz CT molecular complexity index is 878. The van der Waals surface area contributed by atoms with Crippen LogP contribution in [0.4, 0.5) is 5.69 Å². The van der Waals surface area contributed by atoms with Gasteiger partial charge < -0.3 is 15.5 Å². The van der Waals surface area contributed by atoms with Crippen molar-refractivity contribution < 1.29 is 19.8 Å². The lowest BCUT2D eigenvalue weighted by molar-refractivity contribution is -0.139. The summed E-state index contributed by atoms with van der Waals surface area (Å²) in [6.45, 7) is 3.93. The van der Waals surface area contributed by atoms with Gasteiger partial charge in [-0.25, -0.2) is 0 Å². The van der Waals surface area contributed by atoms with Crippen LogP contribution in [0.3, 0.4) is 0 Å². The lowest BCUT2D eigenvalue weighted by Gasteiger charge is -2.15. The zero-order chi connectivity index (χ0) is 20.3. The van der Waals surface area contributed by atoms with E-state index in [9.17, 15) is 14.7 Å². The van der Waals surface area contributed by atoms with Crippen LogP contribution >= 0.6 is 0 Å². The minimum Gasteiger partial charge on any atom is -0.506 e. The van der Waals surface area contributed by atoms with Crippen LogP contribution in [0.2, 0.25) is 0 Å². The number of aromatic nitrogens is 1. The van der Waals surface area contributed by atoms with E-state index >= 15 is 0 Å². The summed E-state index contributed by atoms with van der Waals surface area (Å²) in [5.74, 6) is -1.07. The number of aryl methyl sites for hydroxylation is 2. The number of carbonyl (C=O) groups excluding carboxylic acids is 1. The van der Waals surface area contributed by atoms with E-state index in [1.54, 1.807) is 6.07 Å². The zero-order valence-corrected chi connectivity index (χ0v) is 16.3. The van der Waals surface area contributed by atoms with E-state index in [2.05, 4.69) is 5.32 Å². The largest absolute Gasteiger partial charge is 0.506 e. The van der Waals surface area contributed by atoms with E-state index in [4.69, 9.17) is 10.1 Å². The lowest BCUT2D eigenvalue weighted by Crippen LogP contribution is -2.16. The summed E-state index contributed by atoms with van der Waals surface area (Å²) in [6, 6.07) is 7.29. The van der Waals surface area contributed by atoms with E-state index in [1.165, 1.54) is 12.8 Å². The fraction of sp³-hybridized carbons (Fsp3) is 0.409. The number of amides is 1. The summed E-state index contributed by atoms with van der Waals surface area (Å²) in [5, 5.41) is 21.6. The number of hydrogen-bond acceptors (Lipinski definition) is 4. The number of benzene rings is 1. The Morgan fingerprint density at radius 2 is 1.79 bits per heavy atom. The first-order valence-electron chi connectivity index (χ1n) is 9.64. The second-order valence-electron chi connectivity index (χ2n) is 7.57. The molecule has 0 saturated heterocycles. The molecule has 1 aromatic heterocycles. The molecule has 1 aliphatic carbocycles. The summed E-state index contributed by atoms with van der Waals surface area (Å²) >= 11 is 0. The van der Waals surface area contributed by atoms with Crippen molar-refractivity contribution in [2.45, 2.75) is 58.3 Å². The molecule has 0 radical (unpaired) electrons. The van der Waals surface area contributed by atoms with Crippen LogP contribution in [-0.2, 0) is 16.0 Å². The average molecular weight is 382 g/mol. The maximum atomic E-state index is 11.7. The Morgan fingerprint density at radius 3 is 2.39 bits per heavy atom. The SMILES string of the molecule is Cc1cc(NC(=O)CC(=O)O)cc(C)c1Cc1ccc(O)c(C2CCCC2)n1. The number of carboxylic acids is 1. The van der Waals surface area contributed by atoms with Crippen molar-refractivity contribution in [2.24, 2.45) is 0 Å². The van der Waals surface area contributed by atoms with Gasteiger partial charge in [0.25, 0.3) is 0 Å². The molecule has 0 aliphatic heterocycles. The molecule has 1 aliphatic rings. The number of pyridine rings is 1. The Balaban J connectivity index is 1.80. The van der Waals surface area contributed by atoms with Crippen LogP contribution in [0.5, 0.6) is 5.75 Å². The summed E-state index contributed by atoms with van der Waals surface area (Å²) in [6.07, 6.45) is 4.61. The van der Waals surface area contributed by atoms with Crippen molar-refractivity contribution in [3.63, 3.8) is 0 Å². The van der Waals surface area contributed by atoms with Crippen LogP contribution in [0, 0.1) is 13.8 Å². The van der Waals surface area contributed by atoms with Gasteiger partial charge >= 0.3 is 5.97 Å². The number of nitrogens with zero attached hydrogens (tertiary/aromatic N) is 1. The van der Waals surface area contributed by atoms with E-state index in [-0.39, 0.29) is 5.75 Å². The molecule has 1 heterocycles. The molecule has 148 valence electrons. The van der Waals surface area contributed by atoms with Crippen LogP contribution in [0.25, 0.3) is 0 Å². The molecule has 28 heavy (non-hydrogen) atoms. The van der Waals surface area contributed by atoms with Crippen molar-refractivity contribution in [2.75, 3.05) is 5.32 Å². The highest BCUT2D eigenvalue weighted by molar-refractivity contribution is 6.01.